The Labute approximate surface area is 74.2 Å². The van der Waals surface area contributed by atoms with Gasteiger partial charge in [-0.15, -0.1) is 0 Å². The van der Waals surface area contributed by atoms with Crippen molar-refractivity contribution in [2.24, 2.45) is 11.8 Å². The van der Waals surface area contributed by atoms with Gasteiger partial charge < -0.3 is 0 Å². The van der Waals surface area contributed by atoms with Crippen LogP contribution in [-0.2, 0) is 4.79 Å². The summed E-state index contributed by atoms with van der Waals surface area (Å²) in [6, 6.07) is 0. The van der Waals surface area contributed by atoms with E-state index in [1.165, 1.54) is 0 Å². The molecule has 1 aliphatic carbocycles. The Balaban J connectivity index is 2.61. The van der Waals surface area contributed by atoms with Gasteiger partial charge in [-0.2, -0.15) is 0 Å². The third-order valence-electron chi connectivity index (χ3n) is 2.37. The normalized spacial score (nSPS) is 31.0. The lowest BCUT2D eigenvalue weighted by molar-refractivity contribution is -0.121. The van der Waals surface area contributed by atoms with E-state index in [1.807, 2.05) is 38.2 Å². The number of allylic oxidation sites excluding steroid dienone is 4. The van der Waals surface area contributed by atoms with Crippen LogP contribution in [0.5, 0.6) is 0 Å². The van der Waals surface area contributed by atoms with Crippen LogP contribution in [0.25, 0.3) is 0 Å². The van der Waals surface area contributed by atoms with Crippen molar-refractivity contribution < 1.29 is 4.79 Å². The zero-order valence-corrected chi connectivity index (χ0v) is 7.79. The molecule has 0 bridgehead atoms. The van der Waals surface area contributed by atoms with Gasteiger partial charge in [-0.1, -0.05) is 24.3 Å². The molecule has 1 aliphatic rings. The first kappa shape index (κ1) is 9.24. The van der Waals surface area contributed by atoms with Crippen LogP contribution in [0.2, 0.25) is 0 Å². The lowest BCUT2D eigenvalue weighted by Gasteiger charge is -2.01. The van der Waals surface area contributed by atoms with Crippen LogP contribution in [0, 0.1) is 11.8 Å². The molecule has 2 atom stereocenters. The van der Waals surface area contributed by atoms with Gasteiger partial charge in [-0.3, -0.25) is 4.79 Å². The fourth-order valence-corrected chi connectivity index (χ4v) is 1.77. The van der Waals surface area contributed by atoms with Crippen LogP contribution >= 0.6 is 0 Å². The summed E-state index contributed by atoms with van der Waals surface area (Å²) in [6.07, 6.45) is 10.0. The summed E-state index contributed by atoms with van der Waals surface area (Å²) in [4.78, 5) is 11.6. The van der Waals surface area contributed by atoms with Crippen molar-refractivity contribution >= 4 is 5.78 Å². The SMILES string of the molecule is CC=CC1CCC(C=CC)C1=O. The molecule has 0 spiro atoms. The third-order valence-corrected chi connectivity index (χ3v) is 2.37. The first-order valence-corrected chi connectivity index (χ1v) is 4.59. The number of carbonyl (C=O) groups excluding carboxylic acids is 1. The topological polar surface area (TPSA) is 17.1 Å². The first-order valence-electron chi connectivity index (χ1n) is 4.59. The van der Waals surface area contributed by atoms with E-state index in [1.54, 1.807) is 0 Å². The minimum absolute atomic E-state index is 0.191. The molecule has 2 unspecified atom stereocenters. The molecule has 0 amide bonds. The monoisotopic (exact) mass is 164 g/mol. The molecule has 0 aromatic rings. The van der Waals surface area contributed by atoms with Crippen LogP contribution in [-0.4, -0.2) is 5.78 Å². The van der Waals surface area contributed by atoms with Gasteiger partial charge in [0.25, 0.3) is 0 Å². The van der Waals surface area contributed by atoms with E-state index >= 15 is 0 Å². The smallest absolute Gasteiger partial charge is 0.146 e. The minimum atomic E-state index is 0.191. The molecule has 66 valence electrons. The fourth-order valence-electron chi connectivity index (χ4n) is 1.77. The molecule has 0 heterocycles. The van der Waals surface area contributed by atoms with Crippen LogP contribution in [0.15, 0.2) is 24.3 Å². The lowest BCUT2D eigenvalue weighted by atomic mass is 10.0. The highest BCUT2D eigenvalue weighted by atomic mass is 16.1. The Bertz CT molecular complexity index is 191. The molecule has 0 saturated heterocycles. The zero-order valence-electron chi connectivity index (χ0n) is 7.79. The van der Waals surface area contributed by atoms with Crippen molar-refractivity contribution in [1.29, 1.82) is 0 Å². The Kier molecular flexibility index (Phi) is 3.27. The van der Waals surface area contributed by atoms with Gasteiger partial charge in [0, 0.05) is 11.8 Å². The summed E-state index contributed by atoms with van der Waals surface area (Å²) in [7, 11) is 0. The maximum Gasteiger partial charge on any atom is 0.146 e. The molecule has 1 saturated carbocycles. The molecular weight excluding hydrogens is 148 g/mol. The van der Waals surface area contributed by atoms with Gasteiger partial charge in [-0.05, 0) is 26.7 Å². The zero-order chi connectivity index (χ0) is 8.97. The average Bonchev–Trinajstić information content (AvgIpc) is 2.38. The van der Waals surface area contributed by atoms with Gasteiger partial charge in [-0.25, -0.2) is 0 Å². The molecule has 0 radical (unpaired) electrons. The lowest BCUT2D eigenvalue weighted by Crippen LogP contribution is -2.10. The Morgan fingerprint density at radius 1 is 1.08 bits per heavy atom. The van der Waals surface area contributed by atoms with Gasteiger partial charge in [0.1, 0.15) is 5.78 Å². The Morgan fingerprint density at radius 2 is 1.50 bits per heavy atom. The second-order valence-corrected chi connectivity index (χ2v) is 3.24. The molecule has 1 rings (SSSR count). The van der Waals surface area contributed by atoms with Crippen molar-refractivity contribution in [2.45, 2.75) is 26.7 Å². The second-order valence-electron chi connectivity index (χ2n) is 3.24. The summed E-state index contributed by atoms with van der Waals surface area (Å²) >= 11 is 0. The molecular formula is C11H16O. The molecule has 12 heavy (non-hydrogen) atoms. The van der Waals surface area contributed by atoms with Gasteiger partial charge >= 0.3 is 0 Å². The van der Waals surface area contributed by atoms with Gasteiger partial charge in [0.15, 0.2) is 0 Å². The summed E-state index contributed by atoms with van der Waals surface area (Å²) in [5.41, 5.74) is 0. The molecule has 1 heteroatoms. The average molecular weight is 164 g/mol. The molecule has 1 fully saturated rings. The number of hydrogen-bond donors (Lipinski definition) is 0. The van der Waals surface area contributed by atoms with Crippen LogP contribution < -0.4 is 0 Å². The highest BCUT2D eigenvalue weighted by Crippen LogP contribution is 2.29. The van der Waals surface area contributed by atoms with Crippen molar-refractivity contribution in [3.05, 3.63) is 24.3 Å². The van der Waals surface area contributed by atoms with Gasteiger partial charge in [0.05, 0.1) is 0 Å². The van der Waals surface area contributed by atoms with E-state index in [2.05, 4.69) is 0 Å². The maximum absolute atomic E-state index is 11.6. The molecule has 1 nitrogen and oxygen atoms in total. The number of rotatable bonds is 2. The van der Waals surface area contributed by atoms with Crippen molar-refractivity contribution in [3.8, 4) is 0 Å². The van der Waals surface area contributed by atoms with Crippen LogP contribution in [0.4, 0.5) is 0 Å². The Hall–Kier alpha value is -0.850. The highest BCUT2D eigenvalue weighted by Gasteiger charge is 2.29. The number of carbonyl (C=O) groups is 1. The third kappa shape index (κ3) is 1.84. The van der Waals surface area contributed by atoms with Crippen molar-refractivity contribution in [1.82, 2.24) is 0 Å². The van der Waals surface area contributed by atoms with Crippen LogP contribution in [0.3, 0.4) is 0 Å². The van der Waals surface area contributed by atoms with E-state index in [0.717, 1.165) is 12.8 Å². The van der Waals surface area contributed by atoms with Gasteiger partial charge in [0.2, 0.25) is 0 Å². The fraction of sp³-hybridized carbons (Fsp3) is 0.545. The summed E-state index contributed by atoms with van der Waals surface area (Å²) in [5, 5.41) is 0. The number of Topliss-reactive ketones (excluding diaryl/α,β-unsaturated/α-hetero) is 1. The summed E-state index contributed by atoms with van der Waals surface area (Å²) in [6.45, 7) is 3.94. The number of ketones is 1. The largest absolute Gasteiger partial charge is 0.298 e. The maximum atomic E-state index is 11.6. The minimum Gasteiger partial charge on any atom is -0.298 e. The van der Waals surface area contributed by atoms with Crippen LogP contribution in [0.1, 0.15) is 26.7 Å². The van der Waals surface area contributed by atoms with Crippen molar-refractivity contribution in [3.63, 3.8) is 0 Å². The predicted molar refractivity (Wildman–Crippen MR) is 50.8 cm³/mol. The molecule has 0 aliphatic heterocycles. The molecule has 0 aromatic carbocycles. The summed E-state index contributed by atoms with van der Waals surface area (Å²) in [5.74, 6) is 0.776. The number of hydrogen-bond acceptors (Lipinski definition) is 1. The van der Waals surface area contributed by atoms with E-state index in [4.69, 9.17) is 0 Å². The summed E-state index contributed by atoms with van der Waals surface area (Å²) < 4.78 is 0. The van der Waals surface area contributed by atoms with E-state index < -0.39 is 0 Å². The van der Waals surface area contributed by atoms with Crippen molar-refractivity contribution in [2.75, 3.05) is 0 Å². The van der Waals surface area contributed by atoms with E-state index in [0.29, 0.717) is 5.78 Å². The molecule has 0 aromatic heterocycles. The first-order chi connectivity index (χ1) is 5.79. The second kappa shape index (κ2) is 4.24. The highest BCUT2D eigenvalue weighted by molar-refractivity contribution is 5.88. The van der Waals surface area contributed by atoms with E-state index in [-0.39, 0.29) is 11.8 Å². The predicted octanol–water partition coefficient (Wildman–Crippen LogP) is 2.73. The van der Waals surface area contributed by atoms with E-state index in [9.17, 15) is 4.79 Å². The quantitative estimate of drug-likeness (QED) is 0.573. The standard InChI is InChI=1S/C11H16O/c1-3-5-9-7-8-10(6-4-2)11(9)12/h3-6,9-10H,7-8H2,1-2H3. The Morgan fingerprint density at radius 3 is 1.83 bits per heavy atom. The molecule has 0 N–H and O–H groups in total.